The van der Waals surface area contributed by atoms with Gasteiger partial charge in [0.05, 0.1) is 6.54 Å². The fraction of sp³-hybridized carbons (Fsp3) is 0.357. The summed E-state index contributed by atoms with van der Waals surface area (Å²) < 4.78 is 0. The monoisotopic (exact) mass is 299 g/mol. The van der Waals surface area contributed by atoms with E-state index in [9.17, 15) is 14.4 Å². The number of nitrogens with one attached hydrogen (secondary N) is 2. The Hall–Kier alpha value is -2.35. The van der Waals surface area contributed by atoms with Crippen molar-refractivity contribution in [2.24, 2.45) is 5.73 Å². The Labute approximate surface area is 129 Å². The average Bonchev–Trinajstić information content (AvgIpc) is 2.93. The molecule has 1 spiro atoms. The number of anilines is 1. The Kier molecular flexibility index (Phi) is 3.97. The lowest BCUT2D eigenvalue weighted by molar-refractivity contribution is -0.125. The highest BCUT2D eigenvalue weighted by Gasteiger charge is 2.54. The molecule has 7 nitrogen and oxygen atoms in total. The molecule has 1 saturated heterocycles. The predicted molar refractivity (Wildman–Crippen MR) is 81.3 cm³/mol. The van der Waals surface area contributed by atoms with Gasteiger partial charge >= 0.3 is 6.03 Å². The van der Waals surface area contributed by atoms with Crippen molar-refractivity contribution in [2.75, 3.05) is 18.9 Å². The van der Waals surface area contributed by atoms with Crippen LogP contribution in [0.25, 0.3) is 0 Å². The summed E-state index contributed by atoms with van der Waals surface area (Å²) in [5, 5.41) is 5.04. The van der Waals surface area contributed by atoms with Gasteiger partial charge in [0.15, 0.2) is 0 Å². The summed E-state index contributed by atoms with van der Waals surface area (Å²) in [6, 6.07) is 5.12. The molecule has 0 bridgehead atoms. The van der Waals surface area contributed by atoms with Crippen molar-refractivity contribution in [3.8, 4) is 0 Å². The molecule has 2 aliphatic rings. The summed E-state index contributed by atoms with van der Waals surface area (Å²) in [7, 11) is 1.63. The first-order valence-electron chi connectivity index (χ1n) is 6.67. The van der Waals surface area contributed by atoms with Gasteiger partial charge in [-0.1, -0.05) is 6.07 Å². The fourth-order valence-electron chi connectivity index (χ4n) is 2.99. The third-order valence-electron chi connectivity index (χ3n) is 4.23. The molecule has 3 rings (SSSR count). The van der Waals surface area contributed by atoms with Gasteiger partial charge in [-0.15, -0.1) is 0 Å². The molecule has 1 aliphatic carbocycles. The lowest BCUT2D eigenvalue weighted by atomic mass is 9.95. The second-order valence-electron chi connectivity index (χ2n) is 5.44. The summed E-state index contributed by atoms with van der Waals surface area (Å²) in [5.41, 5.74) is 7.05. The standard InChI is InChI=1S/C14H16N4O3.B/c1-18-13(21)17-12(20)14(18)5-8-2-3-10(4-9(8)6-14)16-11(19)7-15;/h2-4H,5-7,15H2,1H3,(H,16,19)(H,17,20,21);. The first-order valence-corrected chi connectivity index (χ1v) is 6.67. The maximum atomic E-state index is 12.1. The van der Waals surface area contributed by atoms with Gasteiger partial charge in [-0.25, -0.2) is 4.79 Å². The highest BCUT2D eigenvalue weighted by atomic mass is 16.2. The topological polar surface area (TPSA) is 105 Å². The quantitative estimate of drug-likeness (QED) is 0.492. The van der Waals surface area contributed by atoms with Crippen LogP contribution in [0.4, 0.5) is 10.5 Å². The SMILES string of the molecule is CN1C(=O)NC(=O)C12Cc1ccc(NC(=O)CN)cc1C2.[B]. The van der Waals surface area contributed by atoms with Crippen LogP contribution in [0.5, 0.6) is 0 Å². The molecule has 1 heterocycles. The molecule has 4 amide bonds. The van der Waals surface area contributed by atoms with Crippen molar-refractivity contribution >= 4 is 31.9 Å². The second kappa shape index (κ2) is 5.45. The minimum Gasteiger partial charge on any atom is -0.325 e. The number of carbonyl (C=O) groups is 3. The number of fused-ring (bicyclic) bond motifs is 1. The Morgan fingerprint density at radius 2 is 2.05 bits per heavy atom. The molecule has 8 heteroatoms. The fourth-order valence-corrected chi connectivity index (χ4v) is 2.99. The molecule has 3 radical (unpaired) electrons. The number of rotatable bonds is 2. The maximum Gasteiger partial charge on any atom is 0.324 e. The van der Waals surface area contributed by atoms with E-state index in [-0.39, 0.29) is 32.8 Å². The van der Waals surface area contributed by atoms with Gasteiger partial charge in [-0.3, -0.25) is 14.9 Å². The summed E-state index contributed by atoms with van der Waals surface area (Å²) in [6.07, 6.45) is 0.935. The maximum absolute atomic E-state index is 12.1. The highest BCUT2D eigenvalue weighted by molar-refractivity contribution is 6.07. The van der Waals surface area contributed by atoms with Gasteiger partial charge in [-0.2, -0.15) is 0 Å². The lowest BCUT2D eigenvalue weighted by Crippen LogP contribution is -2.48. The number of hydrogen-bond donors (Lipinski definition) is 3. The van der Waals surface area contributed by atoms with Crippen LogP contribution in [-0.2, 0) is 22.4 Å². The summed E-state index contributed by atoms with van der Waals surface area (Å²) >= 11 is 0. The lowest BCUT2D eigenvalue weighted by Gasteiger charge is -2.27. The number of carbonyl (C=O) groups excluding carboxylic acids is 3. The van der Waals surface area contributed by atoms with E-state index in [1.54, 1.807) is 13.1 Å². The number of hydrogen-bond acceptors (Lipinski definition) is 4. The molecule has 1 fully saturated rings. The molecule has 1 aromatic carbocycles. The summed E-state index contributed by atoms with van der Waals surface area (Å²) in [5.74, 6) is -0.535. The Morgan fingerprint density at radius 1 is 1.36 bits per heavy atom. The molecule has 4 N–H and O–H groups in total. The van der Waals surface area contributed by atoms with E-state index < -0.39 is 5.54 Å². The van der Waals surface area contributed by atoms with Crippen molar-refractivity contribution < 1.29 is 14.4 Å². The van der Waals surface area contributed by atoms with Crippen molar-refractivity contribution in [1.82, 2.24) is 10.2 Å². The molecule has 1 aliphatic heterocycles. The van der Waals surface area contributed by atoms with Gasteiger partial charge < -0.3 is 16.0 Å². The smallest absolute Gasteiger partial charge is 0.324 e. The molecule has 0 aromatic heterocycles. The minimum absolute atomic E-state index is 0. The zero-order valence-electron chi connectivity index (χ0n) is 12.2. The van der Waals surface area contributed by atoms with Crippen molar-refractivity contribution in [3.05, 3.63) is 29.3 Å². The minimum atomic E-state index is -0.837. The van der Waals surface area contributed by atoms with E-state index in [1.807, 2.05) is 12.1 Å². The Morgan fingerprint density at radius 3 is 2.64 bits per heavy atom. The molecule has 1 aromatic rings. The van der Waals surface area contributed by atoms with Crippen LogP contribution in [0.1, 0.15) is 11.1 Å². The van der Waals surface area contributed by atoms with Crippen LogP contribution in [0.3, 0.4) is 0 Å². The third-order valence-corrected chi connectivity index (χ3v) is 4.23. The average molecular weight is 299 g/mol. The Balaban J connectivity index is 0.00000176. The van der Waals surface area contributed by atoms with E-state index in [0.717, 1.165) is 11.1 Å². The predicted octanol–water partition coefficient (Wildman–Crippen LogP) is -0.778. The summed E-state index contributed by atoms with van der Waals surface area (Å²) in [4.78, 5) is 36.6. The van der Waals surface area contributed by atoms with Crippen molar-refractivity contribution in [1.29, 1.82) is 0 Å². The van der Waals surface area contributed by atoms with Crippen LogP contribution in [-0.4, -0.2) is 50.3 Å². The molecule has 22 heavy (non-hydrogen) atoms. The van der Waals surface area contributed by atoms with Gasteiger partial charge in [0.25, 0.3) is 5.91 Å². The summed E-state index contributed by atoms with van der Waals surface area (Å²) in [6.45, 7) is -0.0827. The third kappa shape index (κ3) is 2.25. The van der Waals surface area contributed by atoms with Crippen LogP contribution < -0.4 is 16.4 Å². The highest BCUT2D eigenvalue weighted by Crippen LogP contribution is 2.37. The number of amides is 4. The zero-order valence-corrected chi connectivity index (χ0v) is 12.2. The van der Waals surface area contributed by atoms with Crippen molar-refractivity contribution in [3.63, 3.8) is 0 Å². The van der Waals surface area contributed by atoms with Gasteiger partial charge in [0, 0.05) is 34.0 Å². The normalized spacial score (nSPS) is 22.4. The van der Waals surface area contributed by atoms with E-state index in [1.165, 1.54) is 4.90 Å². The Bertz CT molecular complexity index is 663. The first kappa shape index (κ1) is 16.0. The number of nitrogens with zero attached hydrogens (tertiary/aromatic N) is 1. The van der Waals surface area contributed by atoms with E-state index in [4.69, 9.17) is 5.73 Å². The van der Waals surface area contributed by atoms with Gasteiger partial charge in [-0.05, 0) is 23.3 Å². The molecule has 1 atom stereocenters. The largest absolute Gasteiger partial charge is 0.325 e. The van der Waals surface area contributed by atoms with Crippen LogP contribution in [0, 0.1) is 0 Å². The molecule has 113 valence electrons. The number of nitrogens with two attached hydrogens (primary N) is 1. The van der Waals surface area contributed by atoms with E-state index in [2.05, 4.69) is 10.6 Å². The van der Waals surface area contributed by atoms with Gasteiger partial charge in [0.1, 0.15) is 5.54 Å². The van der Waals surface area contributed by atoms with Crippen LogP contribution in [0.2, 0.25) is 0 Å². The number of benzene rings is 1. The van der Waals surface area contributed by atoms with Gasteiger partial charge in [0.2, 0.25) is 5.91 Å². The van der Waals surface area contributed by atoms with E-state index >= 15 is 0 Å². The number of imide groups is 1. The van der Waals surface area contributed by atoms with Crippen molar-refractivity contribution in [2.45, 2.75) is 18.4 Å². The van der Waals surface area contributed by atoms with E-state index in [0.29, 0.717) is 18.5 Å². The molecule has 1 unspecified atom stereocenters. The van der Waals surface area contributed by atoms with Crippen LogP contribution >= 0.6 is 0 Å². The molecular weight excluding hydrogens is 283 g/mol. The zero-order chi connectivity index (χ0) is 15.2. The molecule has 0 saturated carbocycles. The molecular formula is C14H16BN4O3. The number of likely N-dealkylation sites (N-methyl/N-ethyl adjacent to an activating group) is 1. The second-order valence-corrected chi connectivity index (χ2v) is 5.44. The number of urea groups is 1. The van der Waals surface area contributed by atoms with Crippen LogP contribution in [0.15, 0.2) is 18.2 Å². The first-order chi connectivity index (χ1) is 9.96.